The van der Waals surface area contributed by atoms with Crippen molar-refractivity contribution < 1.29 is 9.53 Å². The summed E-state index contributed by atoms with van der Waals surface area (Å²) in [6.07, 6.45) is 2.01. The van der Waals surface area contributed by atoms with Crippen molar-refractivity contribution in [1.29, 1.82) is 0 Å². The number of morpholine rings is 1. The SMILES string of the molecule is CCC(CC)N(C)C(=O)NCCN1CCOCC1. The summed E-state index contributed by atoms with van der Waals surface area (Å²) in [7, 11) is 1.88. The number of urea groups is 1. The molecule has 5 nitrogen and oxygen atoms in total. The number of amides is 2. The maximum Gasteiger partial charge on any atom is 0.317 e. The minimum atomic E-state index is 0.0389. The van der Waals surface area contributed by atoms with E-state index in [1.54, 1.807) is 0 Å². The van der Waals surface area contributed by atoms with Gasteiger partial charge in [0.25, 0.3) is 0 Å². The van der Waals surface area contributed by atoms with Gasteiger partial charge in [0.2, 0.25) is 0 Å². The van der Waals surface area contributed by atoms with Crippen LogP contribution in [-0.2, 0) is 4.74 Å². The van der Waals surface area contributed by atoms with E-state index in [2.05, 4.69) is 24.1 Å². The number of rotatable bonds is 6. The topological polar surface area (TPSA) is 44.8 Å². The van der Waals surface area contributed by atoms with Crippen LogP contribution in [0.15, 0.2) is 0 Å². The molecule has 0 spiro atoms. The number of hydrogen-bond donors (Lipinski definition) is 1. The van der Waals surface area contributed by atoms with Crippen LogP contribution in [0.2, 0.25) is 0 Å². The molecule has 1 N–H and O–H groups in total. The number of nitrogens with zero attached hydrogens (tertiary/aromatic N) is 2. The fourth-order valence-electron chi connectivity index (χ4n) is 2.27. The summed E-state index contributed by atoms with van der Waals surface area (Å²) in [5.74, 6) is 0. The van der Waals surface area contributed by atoms with Crippen molar-refractivity contribution >= 4 is 6.03 Å². The first-order valence-electron chi connectivity index (χ1n) is 6.99. The minimum Gasteiger partial charge on any atom is -0.379 e. The fourth-order valence-corrected chi connectivity index (χ4v) is 2.27. The fraction of sp³-hybridized carbons (Fsp3) is 0.923. The molecule has 0 radical (unpaired) electrons. The number of nitrogens with one attached hydrogen (secondary N) is 1. The molecule has 1 aliphatic heterocycles. The van der Waals surface area contributed by atoms with Gasteiger partial charge in [-0.1, -0.05) is 13.8 Å². The van der Waals surface area contributed by atoms with Crippen molar-refractivity contribution in [1.82, 2.24) is 15.1 Å². The van der Waals surface area contributed by atoms with Gasteiger partial charge in [0.15, 0.2) is 0 Å². The molecular formula is C13H27N3O2. The van der Waals surface area contributed by atoms with E-state index < -0.39 is 0 Å². The first kappa shape index (κ1) is 15.2. The second kappa shape index (κ2) is 8.32. The Morgan fingerprint density at radius 2 is 1.94 bits per heavy atom. The summed E-state index contributed by atoms with van der Waals surface area (Å²) in [6, 6.07) is 0.380. The third kappa shape index (κ3) is 4.82. The lowest BCUT2D eigenvalue weighted by molar-refractivity contribution is 0.0385. The molecule has 18 heavy (non-hydrogen) atoms. The smallest absolute Gasteiger partial charge is 0.317 e. The van der Waals surface area contributed by atoms with Crippen molar-refractivity contribution in [3.05, 3.63) is 0 Å². The maximum absolute atomic E-state index is 11.9. The van der Waals surface area contributed by atoms with Gasteiger partial charge in [0.1, 0.15) is 0 Å². The maximum atomic E-state index is 11.9. The molecule has 5 heteroatoms. The van der Waals surface area contributed by atoms with Gasteiger partial charge >= 0.3 is 6.03 Å². The largest absolute Gasteiger partial charge is 0.379 e. The van der Waals surface area contributed by atoms with E-state index >= 15 is 0 Å². The molecule has 106 valence electrons. The highest BCUT2D eigenvalue weighted by molar-refractivity contribution is 5.74. The highest BCUT2D eigenvalue weighted by Gasteiger charge is 2.16. The van der Waals surface area contributed by atoms with Crippen LogP contribution < -0.4 is 5.32 Å². The summed E-state index contributed by atoms with van der Waals surface area (Å²) < 4.78 is 5.29. The van der Waals surface area contributed by atoms with Gasteiger partial charge in [-0.25, -0.2) is 4.79 Å². The lowest BCUT2D eigenvalue weighted by Gasteiger charge is -2.29. The Hall–Kier alpha value is -0.810. The number of carbonyl (C=O) groups is 1. The predicted molar refractivity (Wildman–Crippen MR) is 72.8 cm³/mol. The molecule has 0 aromatic carbocycles. The van der Waals surface area contributed by atoms with Gasteiger partial charge in [-0.3, -0.25) is 4.90 Å². The van der Waals surface area contributed by atoms with Crippen LogP contribution in [0.4, 0.5) is 4.79 Å². The Kier molecular flexibility index (Phi) is 7.05. The molecular weight excluding hydrogens is 230 g/mol. The van der Waals surface area contributed by atoms with E-state index in [0.29, 0.717) is 12.6 Å². The Labute approximate surface area is 110 Å². The van der Waals surface area contributed by atoms with Crippen molar-refractivity contribution in [2.24, 2.45) is 0 Å². The van der Waals surface area contributed by atoms with Crippen molar-refractivity contribution in [2.45, 2.75) is 32.7 Å². The molecule has 1 rings (SSSR count). The van der Waals surface area contributed by atoms with E-state index in [4.69, 9.17) is 4.74 Å². The molecule has 0 atom stereocenters. The molecule has 0 aromatic heterocycles. The zero-order valence-corrected chi connectivity index (χ0v) is 11.9. The first-order chi connectivity index (χ1) is 8.69. The molecule has 0 saturated carbocycles. The number of carbonyl (C=O) groups excluding carboxylic acids is 1. The standard InChI is InChI=1S/C13H27N3O2/c1-4-12(5-2)15(3)13(17)14-6-7-16-8-10-18-11-9-16/h12H,4-11H2,1-3H3,(H,14,17). The lowest BCUT2D eigenvalue weighted by atomic mass is 10.1. The molecule has 0 bridgehead atoms. The summed E-state index contributed by atoms with van der Waals surface area (Å²) in [4.78, 5) is 16.1. The monoisotopic (exact) mass is 257 g/mol. The van der Waals surface area contributed by atoms with Crippen molar-refractivity contribution in [3.8, 4) is 0 Å². The van der Waals surface area contributed by atoms with Gasteiger partial charge in [0.05, 0.1) is 13.2 Å². The van der Waals surface area contributed by atoms with Crippen molar-refractivity contribution in [3.63, 3.8) is 0 Å². The van der Waals surface area contributed by atoms with Crippen LogP contribution in [-0.4, -0.2) is 68.3 Å². The van der Waals surface area contributed by atoms with Crippen LogP contribution >= 0.6 is 0 Å². The third-order valence-electron chi connectivity index (χ3n) is 3.62. The zero-order valence-electron chi connectivity index (χ0n) is 11.9. The van der Waals surface area contributed by atoms with Gasteiger partial charge in [-0.15, -0.1) is 0 Å². The van der Waals surface area contributed by atoms with Crippen LogP contribution in [0.25, 0.3) is 0 Å². The minimum absolute atomic E-state index is 0.0389. The Bertz CT molecular complexity index is 238. The highest BCUT2D eigenvalue weighted by atomic mass is 16.5. The average molecular weight is 257 g/mol. The van der Waals surface area contributed by atoms with Crippen LogP contribution in [0.3, 0.4) is 0 Å². The molecule has 1 saturated heterocycles. The summed E-state index contributed by atoms with van der Waals surface area (Å²) in [5, 5.41) is 2.98. The lowest BCUT2D eigenvalue weighted by Crippen LogP contribution is -2.46. The van der Waals surface area contributed by atoms with Crippen LogP contribution in [0.1, 0.15) is 26.7 Å². The summed E-state index contributed by atoms with van der Waals surface area (Å²) >= 11 is 0. The summed E-state index contributed by atoms with van der Waals surface area (Å²) in [5.41, 5.74) is 0. The Morgan fingerprint density at radius 3 is 2.50 bits per heavy atom. The van der Waals surface area contributed by atoms with Gasteiger partial charge in [-0.2, -0.15) is 0 Å². The van der Waals surface area contributed by atoms with Crippen molar-refractivity contribution in [2.75, 3.05) is 46.4 Å². The molecule has 0 aliphatic carbocycles. The molecule has 0 unspecified atom stereocenters. The van der Waals surface area contributed by atoms with Gasteiger partial charge in [0, 0.05) is 39.3 Å². The predicted octanol–water partition coefficient (Wildman–Crippen LogP) is 1.15. The Balaban J connectivity index is 2.19. The van der Waals surface area contributed by atoms with Crippen LogP contribution in [0.5, 0.6) is 0 Å². The molecule has 2 amide bonds. The van der Waals surface area contributed by atoms with E-state index in [1.165, 1.54) is 0 Å². The molecule has 1 aliphatic rings. The number of ether oxygens (including phenoxy) is 1. The van der Waals surface area contributed by atoms with Gasteiger partial charge in [-0.05, 0) is 12.8 Å². The van der Waals surface area contributed by atoms with E-state index in [9.17, 15) is 4.79 Å². The second-order valence-electron chi connectivity index (χ2n) is 4.77. The van der Waals surface area contributed by atoms with E-state index in [-0.39, 0.29) is 6.03 Å². The average Bonchev–Trinajstić information content (AvgIpc) is 2.41. The van der Waals surface area contributed by atoms with E-state index in [1.807, 2.05) is 11.9 Å². The molecule has 1 heterocycles. The first-order valence-corrected chi connectivity index (χ1v) is 6.99. The molecule has 0 aromatic rings. The highest BCUT2D eigenvalue weighted by Crippen LogP contribution is 2.05. The second-order valence-corrected chi connectivity index (χ2v) is 4.77. The zero-order chi connectivity index (χ0) is 13.4. The summed E-state index contributed by atoms with van der Waals surface area (Å²) in [6.45, 7) is 9.41. The van der Waals surface area contributed by atoms with Gasteiger partial charge < -0.3 is 15.0 Å². The van der Waals surface area contributed by atoms with E-state index in [0.717, 1.165) is 45.7 Å². The normalized spacial score (nSPS) is 16.9. The quantitative estimate of drug-likeness (QED) is 0.776. The number of hydrogen-bond acceptors (Lipinski definition) is 3. The third-order valence-corrected chi connectivity index (χ3v) is 3.62. The Morgan fingerprint density at radius 1 is 1.33 bits per heavy atom. The molecule has 1 fully saturated rings. The van der Waals surface area contributed by atoms with Crippen LogP contribution in [0, 0.1) is 0 Å².